The summed E-state index contributed by atoms with van der Waals surface area (Å²) in [5.74, 6) is 1.81. The molecule has 0 aliphatic carbocycles. The summed E-state index contributed by atoms with van der Waals surface area (Å²) in [5.41, 5.74) is 2.12. The van der Waals surface area contributed by atoms with Crippen LogP contribution in [0.25, 0.3) is 6.08 Å². The first-order chi connectivity index (χ1) is 7.55. The molecule has 0 aromatic heterocycles. The van der Waals surface area contributed by atoms with E-state index in [1.165, 1.54) is 5.56 Å². The molecule has 0 unspecified atom stereocenters. The van der Waals surface area contributed by atoms with Crippen LogP contribution >= 0.6 is 0 Å². The van der Waals surface area contributed by atoms with E-state index in [1.807, 2.05) is 19.9 Å². The smallest absolute Gasteiger partial charge is 0.131 e. The molecule has 1 heterocycles. The van der Waals surface area contributed by atoms with Crippen molar-refractivity contribution in [1.82, 2.24) is 0 Å². The molecule has 1 aliphatic heterocycles. The fraction of sp³-hybridized carbons (Fsp3) is 0.429. The van der Waals surface area contributed by atoms with Crippen molar-refractivity contribution in [2.75, 3.05) is 7.11 Å². The van der Waals surface area contributed by atoms with E-state index in [0.29, 0.717) is 0 Å². The van der Waals surface area contributed by atoms with Crippen LogP contribution in [0, 0.1) is 0 Å². The molecule has 0 radical (unpaired) electrons. The maximum Gasteiger partial charge on any atom is 0.131 e. The van der Waals surface area contributed by atoms with Gasteiger partial charge in [0.25, 0.3) is 0 Å². The number of rotatable bonds is 2. The van der Waals surface area contributed by atoms with Gasteiger partial charge in [-0.15, -0.1) is 0 Å². The van der Waals surface area contributed by atoms with E-state index in [-0.39, 0.29) is 5.60 Å². The zero-order valence-corrected chi connectivity index (χ0v) is 10.3. The molecule has 86 valence electrons. The maximum absolute atomic E-state index is 5.89. The van der Waals surface area contributed by atoms with Crippen LogP contribution in [0.2, 0.25) is 0 Å². The molecule has 1 aliphatic rings. The first-order valence-electron chi connectivity index (χ1n) is 5.65. The molecule has 0 fully saturated rings. The number of aryl methyl sites for hydroxylation is 1. The van der Waals surface area contributed by atoms with Crippen LogP contribution in [0.15, 0.2) is 18.2 Å². The van der Waals surface area contributed by atoms with Crippen molar-refractivity contribution in [1.29, 1.82) is 0 Å². The van der Waals surface area contributed by atoms with Crippen molar-refractivity contribution in [3.63, 3.8) is 0 Å². The van der Waals surface area contributed by atoms with E-state index < -0.39 is 0 Å². The van der Waals surface area contributed by atoms with Crippen molar-refractivity contribution in [2.45, 2.75) is 32.8 Å². The number of benzene rings is 1. The summed E-state index contributed by atoms with van der Waals surface area (Å²) in [5, 5.41) is 0. The summed E-state index contributed by atoms with van der Waals surface area (Å²) in [6.45, 7) is 6.22. The topological polar surface area (TPSA) is 18.5 Å². The summed E-state index contributed by atoms with van der Waals surface area (Å²) in [6.07, 6.45) is 5.17. The predicted molar refractivity (Wildman–Crippen MR) is 66.1 cm³/mol. The fourth-order valence-corrected chi connectivity index (χ4v) is 1.92. The largest absolute Gasteiger partial charge is 0.496 e. The molecule has 0 saturated carbocycles. The van der Waals surface area contributed by atoms with E-state index in [1.54, 1.807) is 7.11 Å². The summed E-state index contributed by atoms with van der Waals surface area (Å²) < 4.78 is 11.3. The van der Waals surface area contributed by atoms with Crippen LogP contribution in [0.3, 0.4) is 0 Å². The molecule has 1 aromatic rings. The van der Waals surface area contributed by atoms with Crippen molar-refractivity contribution in [3.05, 3.63) is 29.3 Å². The van der Waals surface area contributed by atoms with Crippen LogP contribution < -0.4 is 9.47 Å². The quantitative estimate of drug-likeness (QED) is 0.757. The molecule has 2 nitrogen and oxygen atoms in total. The second-order valence-corrected chi connectivity index (χ2v) is 4.59. The van der Waals surface area contributed by atoms with Gasteiger partial charge < -0.3 is 9.47 Å². The van der Waals surface area contributed by atoms with Crippen LogP contribution in [0.5, 0.6) is 11.5 Å². The third-order valence-corrected chi connectivity index (χ3v) is 2.83. The highest BCUT2D eigenvalue weighted by atomic mass is 16.5. The summed E-state index contributed by atoms with van der Waals surface area (Å²) >= 11 is 0. The van der Waals surface area contributed by atoms with Gasteiger partial charge in [0, 0.05) is 11.6 Å². The lowest BCUT2D eigenvalue weighted by molar-refractivity contribution is 0.158. The normalized spacial score (nSPS) is 16.5. The number of ether oxygens (including phenoxy) is 2. The van der Waals surface area contributed by atoms with Crippen molar-refractivity contribution in [2.24, 2.45) is 0 Å². The van der Waals surface area contributed by atoms with E-state index in [4.69, 9.17) is 9.47 Å². The molecule has 0 spiro atoms. The lowest BCUT2D eigenvalue weighted by Crippen LogP contribution is -2.27. The Morgan fingerprint density at radius 2 is 2.06 bits per heavy atom. The molecule has 2 rings (SSSR count). The minimum absolute atomic E-state index is 0.230. The molecule has 0 atom stereocenters. The summed E-state index contributed by atoms with van der Waals surface area (Å²) in [4.78, 5) is 0. The zero-order valence-electron chi connectivity index (χ0n) is 10.3. The molecule has 0 N–H and O–H groups in total. The van der Waals surface area contributed by atoms with E-state index in [9.17, 15) is 0 Å². The Morgan fingerprint density at radius 1 is 1.31 bits per heavy atom. The van der Waals surface area contributed by atoms with Gasteiger partial charge in [0.15, 0.2) is 0 Å². The average molecular weight is 218 g/mol. The Morgan fingerprint density at radius 3 is 2.69 bits per heavy atom. The van der Waals surface area contributed by atoms with Crippen LogP contribution in [0.1, 0.15) is 31.9 Å². The Hall–Kier alpha value is -1.44. The van der Waals surface area contributed by atoms with Crippen molar-refractivity contribution >= 4 is 6.08 Å². The van der Waals surface area contributed by atoms with Gasteiger partial charge in [0.2, 0.25) is 0 Å². The van der Waals surface area contributed by atoms with E-state index in [2.05, 4.69) is 25.1 Å². The monoisotopic (exact) mass is 218 g/mol. The minimum Gasteiger partial charge on any atom is -0.496 e. The average Bonchev–Trinajstić information content (AvgIpc) is 2.26. The summed E-state index contributed by atoms with van der Waals surface area (Å²) in [6, 6.07) is 4.12. The number of hydrogen-bond acceptors (Lipinski definition) is 2. The first kappa shape index (κ1) is 11.1. The Kier molecular flexibility index (Phi) is 2.66. The molecule has 0 bridgehead atoms. The molecule has 16 heavy (non-hydrogen) atoms. The fourth-order valence-electron chi connectivity index (χ4n) is 1.92. The zero-order chi connectivity index (χ0) is 11.8. The molecule has 0 saturated heterocycles. The second-order valence-electron chi connectivity index (χ2n) is 4.59. The van der Waals surface area contributed by atoms with Gasteiger partial charge in [-0.2, -0.15) is 0 Å². The molecular formula is C14H18O2. The minimum atomic E-state index is -0.230. The number of methoxy groups -OCH3 is 1. The van der Waals surface area contributed by atoms with Crippen LogP contribution in [-0.4, -0.2) is 12.7 Å². The predicted octanol–water partition coefficient (Wildman–Crippen LogP) is 3.44. The molecule has 2 heteroatoms. The first-order valence-corrected chi connectivity index (χ1v) is 5.65. The maximum atomic E-state index is 5.89. The number of fused-ring (bicyclic) bond motifs is 1. The van der Waals surface area contributed by atoms with E-state index in [0.717, 1.165) is 23.5 Å². The standard InChI is InChI=1S/C14H18O2/c1-5-10-8-11-6-7-14(2,3)16-13(11)9-12(10)15-4/h6-9H,5H2,1-4H3. The van der Waals surface area contributed by atoms with Crippen molar-refractivity contribution < 1.29 is 9.47 Å². The Balaban J connectivity index is 2.49. The highest BCUT2D eigenvalue weighted by Gasteiger charge is 2.22. The lowest BCUT2D eigenvalue weighted by atomic mass is 9.99. The van der Waals surface area contributed by atoms with Gasteiger partial charge in [-0.3, -0.25) is 0 Å². The molecular weight excluding hydrogens is 200 g/mol. The third-order valence-electron chi connectivity index (χ3n) is 2.83. The van der Waals surface area contributed by atoms with Crippen LogP contribution in [-0.2, 0) is 6.42 Å². The Labute approximate surface area is 96.9 Å². The third kappa shape index (κ3) is 1.92. The van der Waals surface area contributed by atoms with E-state index >= 15 is 0 Å². The van der Waals surface area contributed by atoms with Gasteiger partial charge in [-0.25, -0.2) is 0 Å². The second kappa shape index (κ2) is 3.85. The Bertz CT molecular complexity index is 431. The highest BCUT2D eigenvalue weighted by molar-refractivity contribution is 5.64. The number of hydrogen-bond donors (Lipinski definition) is 0. The van der Waals surface area contributed by atoms with Crippen LogP contribution in [0.4, 0.5) is 0 Å². The summed E-state index contributed by atoms with van der Waals surface area (Å²) in [7, 11) is 1.70. The molecule has 0 amide bonds. The molecule has 1 aromatic carbocycles. The van der Waals surface area contributed by atoms with Gasteiger partial charge in [0.1, 0.15) is 17.1 Å². The van der Waals surface area contributed by atoms with Gasteiger partial charge in [-0.05, 0) is 38.0 Å². The highest BCUT2D eigenvalue weighted by Crippen LogP contribution is 2.36. The van der Waals surface area contributed by atoms with Gasteiger partial charge in [-0.1, -0.05) is 13.0 Å². The van der Waals surface area contributed by atoms with Gasteiger partial charge >= 0.3 is 0 Å². The lowest BCUT2D eigenvalue weighted by Gasteiger charge is -2.28. The van der Waals surface area contributed by atoms with Crippen molar-refractivity contribution in [3.8, 4) is 11.5 Å². The van der Waals surface area contributed by atoms with Gasteiger partial charge in [0.05, 0.1) is 7.11 Å². The SMILES string of the molecule is CCc1cc2c(cc1OC)OC(C)(C)C=C2.